The van der Waals surface area contributed by atoms with Crippen LogP contribution in [0.1, 0.15) is 0 Å². The largest absolute Gasteiger partial charge is 0.789 e. The van der Waals surface area contributed by atoms with E-state index >= 15 is 0 Å². The van der Waals surface area contributed by atoms with Crippen LogP contribution in [0, 0.1) is 0 Å². The molecule has 0 rings (SSSR count). The molecule has 0 saturated carbocycles. The highest BCUT2D eigenvalue weighted by Crippen LogP contribution is 2.25. The summed E-state index contributed by atoms with van der Waals surface area (Å²) in [6.07, 6.45) is 0. The Kier molecular flexibility index (Phi) is 16.3. The maximum atomic E-state index is 9.17. The van der Waals surface area contributed by atoms with Crippen LogP contribution >= 0.6 is 20.7 Å². The van der Waals surface area contributed by atoms with Crippen molar-refractivity contribution in [3.05, 3.63) is 0 Å². The first-order valence-corrected chi connectivity index (χ1v) is 5.74. The number of hydrogen-bond donors (Lipinski definition) is 3. The van der Waals surface area contributed by atoms with E-state index in [0.29, 0.717) is 0 Å². The molecule has 0 aliphatic rings. The predicted molar refractivity (Wildman–Crippen MR) is 55.1 cm³/mol. The van der Waals surface area contributed by atoms with Gasteiger partial charge in [-0.05, 0) is 12.9 Å². The van der Waals surface area contributed by atoms with Crippen molar-refractivity contribution in [1.29, 1.82) is 0 Å². The maximum absolute atomic E-state index is 9.17. The summed E-state index contributed by atoms with van der Waals surface area (Å²) in [5.41, 5.74) is 0. The van der Waals surface area contributed by atoms with E-state index in [0.717, 1.165) is 0 Å². The van der Waals surface area contributed by atoms with Gasteiger partial charge in [0.1, 0.15) is 0 Å². The zero-order valence-corrected chi connectivity index (χ0v) is 11.3. The lowest BCUT2D eigenvalue weighted by atomic mass is 11.0. The van der Waals surface area contributed by atoms with Crippen molar-refractivity contribution in [2.75, 3.05) is 42.3 Å². The van der Waals surface area contributed by atoms with Crippen LogP contribution in [-0.2, 0) is 8.54 Å². The number of quaternary nitrogens is 2. The van der Waals surface area contributed by atoms with Gasteiger partial charge in [0.2, 0.25) is 0 Å². The summed E-state index contributed by atoms with van der Waals surface area (Å²) >= 11 is 2.71. The van der Waals surface area contributed by atoms with Gasteiger partial charge >= 0.3 is 0 Å². The summed E-state index contributed by atoms with van der Waals surface area (Å²) in [4.78, 5) is 21.2. The van der Waals surface area contributed by atoms with Crippen LogP contribution in [-0.4, -0.2) is 42.3 Å². The Balaban J connectivity index is -0.000000135. The lowest BCUT2D eigenvalue weighted by Gasteiger charge is -2.23. The molecule has 90 valence electrons. The number of phosphoric acid groups is 1. The van der Waals surface area contributed by atoms with Crippen LogP contribution in [0.2, 0.25) is 0 Å². The lowest BCUT2D eigenvalue weighted by Crippen LogP contribution is -3.02. The minimum absolute atomic E-state index is 1.42. The quantitative estimate of drug-likeness (QED) is 0.252. The molecular weight excluding hydrogens is 227 g/mol. The van der Waals surface area contributed by atoms with Crippen molar-refractivity contribution in [2.24, 2.45) is 0 Å². The molecule has 0 aliphatic heterocycles. The van der Waals surface area contributed by atoms with Gasteiger partial charge < -0.3 is 24.2 Å². The van der Waals surface area contributed by atoms with E-state index in [-0.39, 0.29) is 0 Å². The summed E-state index contributed by atoms with van der Waals surface area (Å²) in [6, 6.07) is 0. The minimum atomic E-state index is -4.78. The third-order valence-electron chi connectivity index (χ3n) is 0.100. The van der Waals surface area contributed by atoms with E-state index in [1.165, 1.54) is 9.80 Å². The number of rotatable bonds is 1. The highest BCUT2D eigenvalue weighted by molar-refractivity contribution is 7.80. The predicted octanol–water partition coefficient (Wildman–Crippen LogP) is -3.80. The van der Waals surface area contributed by atoms with Crippen LogP contribution in [0.15, 0.2) is 0 Å². The fraction of sp³-hybridized carbons (Fsp3) is 1.00. The van der Waals surface area contributed by atoms with Crippen molar-refractivity contribution >= 4 is 20.7 Å². The molecular formula is C6H21N2O4PS. The van der Waals surface area contributed by atoms with Crippen molar-refractivity contribution in [3.8, 4) is 0 Å². The van der Waals surface area contributed by atoms with Gasteiger partial charge in [0, 0.05) is 0 Å². The molecule has 0 spiro atoms. The Hall–Kier alpha value is 0.380. The van der Waals surface area contributed by atoms with Crippen LogP contribution in [0.25, 0.3) is 0 Å². The van der Waals surface area contributed by atoms with E-state index in [4.69, 9.17) is 0 Å². The maximum Gasteiger partial charge on any atom is 0.0760 e. The second-order valence-corrected chi connectivity index (χ2v) is 5.08. The minimum Gasteiger partial charge on any atom is -0.789 e. The molecule has 0 saturated heterocycles. The fourth-order valence-corrected chi connectivity index (χ4v) is 0. The Morgan fingerprint density at radius 2 is 1.07 bits per heavy atom. The monoisotopic (exact) mass is 248 g/mol. The van der Waals surface area contributed by atoms with E-state index in [2.05, 4.69) is 59.2 Å². The smallest absolute Gasteiger partial charge is 0.0760 e. The topological polar surface area (TPSA) is 81.3 Å². The van der Waals surface area contributed by atoms with Crippen molar-refractivity contribution in [3.63, 3.8) is 0 Å². The molecule has 0 fully saturated rings. The van der Waals surface area contributed by atoms with Crippen molar-refractivity contribution in [1.82, 2.24) is 0 Å². The third-order valence-corrected chi connectivity index (χ3v) is 0.900. The van der Waals surface area contributed by atoms with Gasteiger partial charge in [0.15, 0.2) is 0 Å². The van der Waals surface area contributed by atoms with E-state index in [9.17, 15) is 14.4 Å². The molecule has 0 radical (unpaired) electrons. The second-order valence-electron chi connectivity index (χ2n) is 3.53. The Morgan fingerprint density at radius 1 is 1.00 bits per heavy atom. The van der Waals surface area contributed by atoms with Gasteiger partial charge in [-0.1, -0.05) is 0 Å². The molecule has 0 atom stereocenters. The van der Waals surface area contributed by atoms with E-state index in [1.807, 2.05) is 0 Å². The third kappa shape index (κ3) is 140. The molecule has 0 heterocycles. The lowest BCUT2D eigenvalue weighted by molar-refractivity contribution is -0.836. The highest BCUT2D eigenvalue weighted by Gasteiger charge is 1.77. The molecule has 0 unspecified atom stereocenters. The molecule has 0 bridgehead atoms. The fourth-order valence-electron chi connectivity index (χ4n) is 0. The summed E-state index contributed by atoms with van der Waals surface area (Å²) in [7, 11) is 7.72. The summed E-state index contributed by atoms with van der Waals surface area (Å²) in [6.45, 7) is 0. The van der Waals surface area contributed by atoms with Crippen molar-refractivity contribution < 1.29 is 28.1 Å². The molecule has 0 aromatic carbocycles. The van der Waals surface area contributed by atoms with Gasteiger partial charge in [-0.15, -0.1) is 0 Å². The number of hydrogen-bond acceptors (Lipinski definition) is 5. The SMILES string of the molecule is C[NH+](C)C.C[NH+](C)C.O=P([O-])([O-])OS. The summed E-state index contributed by atoms with van der Waals surface area (Å²) in [5, 5.41) is 0. The molecule has 0 aromatic rings. The first kappa shape index (κ1) is 19.9. The first-order chi connectivity index (χ1) is 6.02. The van der Waals surface area contributed by atoms with Crippen LogP contribution in [0.5, 0.6) is 0 Å². The molecule has 0 aliphatic carbocycles. The van der Waals surface area contributed by atoms with Gasteiger partial charge in [0.05, 0.1) is 50.1 Å². The van der Waals surface area contributed by atoms with Gasteiger partial charge in [-0.2, -0.15) is 0 Å². The van der Waals surface area contributed by atoms with Gasteiger partial charge in [-0.25, -0.2) is 0 Å². The zero-order valence-electron chi connectivity index (χ0n) is 9.53. The first-order valence-electron chi connectivity index (χ1n) is 3.91. The molecule has 0 amide bonds. The van der Waals surface area contributed by atoms with Crippen molar-refractivity contribution in [2.45, 2.75) is 0 Å². The molecule has 6 nitrogen and oxygen atoms in total. The van der Waals surface area contributed by atoms with Crippen LogP contribution in [0.3, 0.4) is 0 Å². The molecule has 0 aromatic heterocycles. The number of nitrogens with one attached hydrogen (secondary N) is 2. The highest BCUT2D eigenvalue weighted by atomic mass is 32.1. The zero-order chi connectivity index (χ0) is 12.4. The van der Waals surface area contributed by atoms with E-state index < -0.39 is 7.82 Å². The van der Waals surface area contributed by atoms with Crippen LogP contribution in [0.4, 0.5) is 0 Å². The molecule has 8 heteroatoms. The standard InChI is InChI=1S/2C3H9N.H3O4PS/c2*1-4(2)3;1-5(2,3)4-6/h2*1-3H3;6H,(H2,1,2,3). The summed E-state index contributed by atoms with van der Waals surface area (Å²) < 4.78 is 12.2. The van der Waals surface area contributed by atoms with Crippen LogP contribution < -0.4 is 19.6 Å². The Labute approximate surface area is 91.7 Å². The van der Waals surface area contributed by atoms with Gasteiger partial charge in [-0.3, -0.25) is 3.97 Å². The average Bonchev–Trinajstić information content (AvgIpc) is 1.83. The average molecular weight is 248 g/mol. The Morgan fingerprint density at radius 3 is 1.07 bits per heavy atom. The summed E-state index contributed by atoms with van der Waals surface area (Å²) in [5.74, 6) is 0. The Bertz CT molecular complexity index is 139. The molecule has 14 heavy (non-hydrogen) atoms. The van der Waals surface area contributed by atoms with Gasteiger partial charge in [0.25, 0.3) is 0 Å². The van der Waals surface area contributed by atoms with E-state index in [1.54, 1.807) is 0 Å². The molecule has 2 N–H and O–H groups in total. The second kappa shape index (κ2) is 11.5. The normalized spacial score (nSPS) is 10.2. The number of thiol groups is 1.